The molecule has 0 amide bonds. The Balaban J connectivity index is 2.17. The maximum absolute atomic E-state index is 12.1. The molecule has 1 aliphatic heterocycles. The number of hydroxylamine groups is 2. The van der Waals surface area contributed by atoms with Crippen LogP contribution in [0.1, 0.15) is 12.5 Å². The van der Waals surface area contributed by atoms with Crippen LogP contribution in [0.3, 0.4) is 0 Å². The van der Waals surface area contributed by atoms with E-state index in [0.717, 1.165) is 10.9 Å². The quantitative estimate of drug-likeness (QED) is 0.619. The molecule has 0 aromatic heterocycles. The number of ether oxygens (including phenoxy) is 1. The Hall–Kier alpha value is -1.59. The molecule has 0 saturated carbocycles. The highest BCUT2D eigenvalue weighted by Crippen LogP contribution is 2.28. The van der Waals surface area contributed by atoms with Crippen LogP contribution in [0.4, 0.5) is 0 Å². The van der Waals surface area contributed by atoms with Crippen LogP contribution in [0.5, 0.6) is 0 Å². The predicted molar refractivity (Wildman–Crippen MR) is 84.9 cm³/mol. The normalized spacial score (nSPS) is 19.0. The molecule has 0 N–H and O–H groups in total. The van der Waals surface area contributed by atoms with Gasteiger partial charge in [-0.3, -0.25) is 0 Å². The van der Waals surface area contributed by atoms with Crippen molar-refractivity contribution < 1.29 is 14.4 Å². The molecule has 1 aliphatic rings. The van der Waals surface area contributed by atoms with Gasteiger partial charge in [0, 0.05) is 0 Å². The minimum Gasteiger partial charge on any atom is -0.464 e. The zero-order valence-corrected chi connectivity index (χ0v) is 14.1. The Bertz CT molecular complexity index is 522. The first-order valence-corrected chi connectivity index (χ1v) is 10.8. The maximum Gasteiger partial charge on any atom is 0.330 e. The van der Waals surface area contributed by atoms with Crippen LogP contribution in [0.2, 0.25) is 19.6 Å². The number of hydrogen-bond acceptors (Lipinski definition) is 4. The lowest BCUT2D eigenvalue weighted by Gasteiger charge is -2.24. The minimum atomic E-state index is -1.60. The third-order valence-electron chi connectivity index (χ3n) is 3.28. The molecule has 1 aromatic carbocycles. The van der Waals surface area contributed by atoms with Crippen molar-refractivity contribution in [2.24, 2.45) is 0 Å². The largest absolute Gasteiger partial charge is 0.464 e. The van der Waals surface area contributed by atoms with E-state index in [-0.39, 0.29) is 5.97 Å². The zero-order chi connectivity index (χ0) is 15.5. The average Bonchev–Trinajstić information content (AvgIpc) is 2.84. The lowest BCUT2D eigenvalue weighted by Crippen LogP contribution is -2.37. The lowest BCUT2D eigenvalue weighted by molar-refractivity contribution is -0.167. The van der Waals surface area contributed by atoms with Crippen molar-refractivity contribution in [2.45, 2.75) is 39.2 Å². The summed E-state index contributed by atoms with van der Waals surface area (Å²) in [6.07, 6.45) is 1.92. The summed E-state index contributed by atoms with van der Waals surface area (Å²) in [6, 6.07) is 9.54. The van der Waals surface area contributed by atoms with Crippen LogP contribution in [-0.2, 0) is 20.9 Å². The number of esters is 1. The summed E-state index contributed by atoms with van der Waals surface area (Å²) in [6.45, 7) is 9.37. The van der Waals surface area contributed by atoms with E-state index in [9.17, 15) is 4.79 Å². The fourth-order valence-corrected chi connectivity index (χ4v) is 3.18. The molecule has 114 valence electrons. The van der Waals surface area contributed by atoms with Crippen molar-refractivity contribution in [1.82, 2.24) is 5.06 Å². The van der Waals surface area contributed by atoms with Gasteiger partial charge in [-0.2, -0.15) is 0 Å². The molecule has 4 nitrogen and oxygen atoms in total. The first kappa shape index (κ1) is 15.8. The van der Waals surface area contributed by atoms with Crippen molar-refractivity contribution in [3.63, 3.8) is 0 Å². The highest BCUT2D eigenvalue weighted by Gasteiger charge is 2.38. The van der Waals surface area contributed by atoms with Crippen molar-refractivity contribution in [3.8, 4) is 0 Å². The number of benzene rings is 1. The van der Waals surface area contributed by atoms with Crippen LogP contribution in [0.25, 0.3) is 0 Å². The molecule has 1 aromatic rings. The van der Waals surface area contributed by atoms with Crippen LogP contribution in [0.15, 0.2) is 41.8 Å². The van der Waals surface area contributed by atoms with Gasteiger partial charge in [-0.25, -0.2) is 4.79 Å². The van der Waals surface area contributed by atoms with Gasteiger partial charge in [0.15, 0.2) is 6.04 Å². The summed E-state index contributed by atoms with van der Waals surface area (Å²) in [7, 11) is -1.60. The van der Waals surface area contributed by atoms with E-state index in [1.165, 1.54) is 0 Å². The summed E-state index contributed by atoms with van der Waals surface area (Å²) in [5.41, 5.74) is 1.11. The third kappa shape index (κ3) is 3.95. The molecule has 2 rings (SSSR count). The smallest absolute Gasteiger partial charge is 0.330 e. The monoisotopic (exact) mass is 305 g/mol. The molecule has 1 unspecified atom stereocenters. The van der Waals surface area contributed by atoms with Crippen LogP contribution >= 0.6 is 0 Å². The second kappa shape index (κ2) is 6.45. The number of rotatable bonds is 5. The summed E-state index contributed by atoms with van der Waals surface area (Å²) in [5.74, 6) is -0.248. The summed E-state index contributed by atoms with van der Waals surface area (Å²) in [4.78, 5) is 18.1. The van der Waals surface area contributed by atoms with Gasteiger partial charge in [-0.1, -0.05) is 50.0 Å². The van der Waals surface area contributed by atoms with Gasteiger partial charge in [0.1, 0.15) is 13.5 Å². The summed E-state index contributed by atoms with van der Waals surface area (Å²) >= 11 is 0. The molecule has 1 atom stereocenters. The Morgan fingerprint density at radius 1 is 1.29 bits per heavy atom. The molecule has 0 saturated heterocycles. The fourth-order valence-electron chi connectivity index (χ4n) is 2.13. The van der Waals surface area contributed by atoms with Gasteiger partial charge in [0.2, 0.25) is 0 Å². The molecule has 0 fully saturated rings. The maximum atomic E-state index is 12.1. The van der Waals surface area contributed by atoms with Crippen LogP contribution < -0.4 is 0 Å². The molecule has 5 heteroatoms. The van der Waals surface area contributed by atoms with E-state index >= 15 is 0 Å². The minimum absolute atomic E-state index is 0.248. The number of hydrogen-bond donors (Lipinski definition) is 0. The van der Waals surface area contributed by atoms with Crippen molar-refractivity contribution in [1.29, 1.82) is 0 Å². The second-order valence-corrected chi connectivity index (χ2v) is 11.1. The first-order chi connectivity index (χ1) is 9.91. The fraction of sp³-hybridized carbons (Fsp3) is 0.438. The molecular formula is C16H23NO3Si. The predicted octanol–water partition coefficient (Wildman–Crippen LogP) is 3.13. The van der Waals surface area contributed by atoms with Crippen molar-refractivity contribution in [2.75, 3.05) is 6.61 Å². The van der Waals surface area contributed by atoms with E-state index < -0.39 is 14.1 Å². The van der Waals surface area contributed by atoms with Gasteiger partial charge in [0.25, 0.3) is 0 Å². The first-order valence-electron chi connectivity index (χ1n) is 7.29. The Kier molecular flexibility index (Phi) is 4.85. The highest BCUT2D eigenvalue weighted by atomic mass is 28.3. The highest BCUT2D eigenvalue weighted by molar-refractivity contribution is 6.82. The average molecular weight is 305 g/mol. The number of carbonyl (C=O) groups excluding carboxylic acids is 1. The van der Waals surface area contributed by atoms with Crippen molar-refractivity contribution in [3.05, 3.63) is 47.4 Å². The second-order valence-electron chi connectivity index (χ2n) is 6.13. The zero-order valence-electron chi connectivity index (χ0n) is 13.1. The van der Waals surface area contributed by atoms with Gasteiger partial charge in [0.05, 0.1) is 13.2 Å². The Labute approximate surface area is 127 Å². The van der Waals surface area contributed by atoms with Gasteiger partial charge < -0.3 is 9.57 Å². The van der Waals surface area contributed by atoms with E-state index in [1.807, 2.05) is 43.3 Å². The van der Waals surface area contributed by atoms with Gasteiger partial charge in [-0.15, -0.1) is 5.06 Å². The SMILES string of the molecule is CCOC(=O)C1C=C([Si](C)(C)C)ON1Cc1ccccc1. The molecular weight excluding hydrogens is 282 g/mol. The van der Waals surface area contributed by atoms with Crippen LogP contribution in [0, 0.1) is 0 Å². The summed E-state index contributed by atoms with van der Waals surface area (Å²) in [5, 5.41) is 2.66. The van der Waals surface area contributed by atoms with E-state index in [4.69, 9.17) is 9.57 Å². The number of nitrogens with zero attached hydrogens (tertiary/aromatic N) is 1. The topological polar surface area (TPSA) is 38.8 Å². The van der Waals surface area contributed by atoms with E-state index in [2.05, 4.69) is 19.6 Å². The van der Waals surface area contributed by atoms with Crippen LogP contribution in [-0.4, -0.2) is 31.8 Å². The number of carbonyl (C=O) groups is 1. The molecule has 21 heavy (non-hydrogen) atoms. The Morgan fingerprint density at radius 2 is 1.95 bits per heavy atom. The van der Waals surface area contributed by atoms with E-state index in [1.54, 1.807) is 5.06 Å². The lowest BCUT2D eigenvalue weighted by atomic mass is 10.2. The molecule has 0 spiro atoms. The van der Waals surface area contributed by atoms with Gasteiger partial charge in [-0.05, 0) is 18.6 Å². The van der Waals surface area contributed by atoms with Gasteiger partial charge >= 0.3 is 5.97 Å². The Morgan fingerprint density at radius 3 is 2.52 bits per heavy atom. The summed E-state index contributed by atoms with van der Waals surface area (Å²) < 4.78 is 5.16. The molecule has 1 heterocycles. The molecule has 0 radical (unpaired) electrons. The molecule has 0 bridgehead atoms. The van der Waals surface area contributed by atoms with E-state index in [0.29, 0.717) is 13.2 Å². The third-order valence-corrected chi connectivity index (χ3v) is 5.02. The molecule has 0 aliphatic carbocycles. The van der Waals surface area contributed by atoms with Crippen molar-refractivity contribution >= 4 is 14.0 Å². The standard InChI is InChI=1S/C16H23NO3Si/c1-5-19-16(18)14-11-15(21(2,3)4)20-17(14)12-13-9-7-6-8-10-13/h6-11,14H,5,12H2,1-4H3.